The summed E-state index contributed by atoms with van der Waals surface area (Å²) in [6, 6.07) is 5.69. The van der Waals surface area contributed by atoms with Crippen LogP contribution in [0.2, 0.25) is 0 Å². The molecule has 1 aromatic heterocycles. The molecule has 2 aromatic rings. The Kier molecular flexibility index (Phi) is 6.51. The molecular formula is C27H34FN3O4. The number of halogens is 1. The van der Waals surface area contributed by atoms with Gasteiger partial charge >= 0.3 is 6.09 Å². The summed E-state index contributed by atoms with van der Waals surface area (Å²) >= 11 is 0. The Morgan fingerprint density at radius 2 is 1.97 bits per heavy atom. The maximum atomic E-state index is 15.0. The zero-order valence-electron chi connectivity index (χ0n) is 21.3. The van der Waals surface area contributed by atoms with Gasteiger partial charge < -0.3 is 14.8 Å². The van der Waals surface area contributed by atoms with Crippen molar-refractivity contribution in [3.05, 3.63) is 52.5 Å². The van der Waals surface area contributed by atoms with Gasteiger partial charge in [0.15, 0.2) is 0 Å². The molecule has 0 saturated heterocycles. The fraction of sp³-hybridized carbons (Fsp3) is 0.519. The Labute approximate surface area is 206 Å². The van der Waals surface area contributed by atoms with Gasteiger partial charge in [0.2, 0.25) is 5.88 Å². The third-order valence-electron chi connectivity index (χ3n) is 6.48. The average molecular weight is 484 g/mol. The molecule has 1 aliphatic carbocycles. The fourth-order valence-corrected chi connectivity index (χ4v) is 4.97. The molecule has 35 heavy (non-hydrogen) atoms. The summed E-state index contributed by atoms with van der Waals surface area (Å²) in [6.07, 6.45) is 1.48. The highest BCUT2D eigenvalue weighted by Gasteiger charge is 2.39. The van der Waals surface area contributed by atoms with E-state index in [9.17, 15) is 9.59 Å². The van der Waals surface area contributed by atoms with Crippen LogP contribution in [0.3, 0.4) is 0 Å². The van der Waals surface area contributed by atoms with E-state index in [1.807, 2.05) is 26.8 Å². The molecule has 1 unspecified atom stereocenters. The van der Waals surface area contributed by atoms with Crippen LogP contribution in [0, 0.1) is 5.82 Å². The number of carbonyl (C=O) groups excluding carboxylic acids is 2. The van der Waals surface area contributed by atoms with Gasteiger partial charge in [-0.25, -0.2) is 14.2 Å². The second kappa shape index (κ2) is 9.13. The number of carbonyl (C=O) groups is 2. The van der Waals surface area contributed by atoms with Crippen molar-refractivity contribution in [3.63, 3.8) is 0 Å². The number of aryl methyl sites for hydroxylation is 1. The van der Waals surface area contributed by atoms with Crippen molar-refractivity contribution in [3.8, 4) is 5.88 Å². The van der Waals surface area contributed by atoms with Gasteiger partial charge in [0.1, 0.15) is 17.5 Å². The fourth-order valence-electron chi connectivity index (χ4n) is 4.97. The van der Waals surface area contributed by atoms with Gasteiger partial charge in [-0.2, -0.15) is 0 Å². The van der Waals surface area contributed by atoms with Crippen LogP contribution in [0.1, 0.15) is 76.4 Å². The molecule has 2 heterocycles. The van der Waals surface area contributed by atoms with Crippen molar-refractivity contribution in [1.82, 2.24) is 9.88 Å². The first-order valence-corrected chi connectivity index (χ1v) is 12.2. The Hall–Kier alpha value is -3.16. The Balaban J connectivity index is 1.67. The SMILES string of the molecule is CCOc1ccc2c(n1)CCN(C(=O)OC(C)(C)C)C2C(=O)Nc1cc(F)c2c(c1)CCC2(C)C. The van der Waals surface area contributed by atoms with Crippen molar-refractivity contribution in [2.45, 2.75) is 77.9 Å². The number of benzene rings is 1. The van der Waals surface area contributed by atoms with Crippen molar-refractivity contribution in [2.24, 2.45) is 0 Å². The molecule has 1 aliphatic heterocycles. The highest BCUT2D eigenvalue weighted by atomic mass is 19.1. The van der Waals surface area contributed by atoms with Gasteiger partial charge in [-0.15, -0.1) is 0 Å². The zero-order valence-corrected chi connectivity index (χ0v) is 21.3. The number of fused-ring (bicyclic) bond motifs is 2. The van der Waals surface area contributed by atoms with Crippen LogP contribution in [0.5, 0.6) is 5.88 Å². The highest BCUT2D eigenvalue weighted by Crippen LogP contribution is 2.41. The summed E-state index contributed by atoms with van der Waals surface area (Å²) in [5.41, 5.74) is 2.33. The van der Waals surface area contributed by atoms with E-state index in [0.717, 1.165) is 18.4 Å². The number of hydrogen-bond donors (Lipinski definition) is 1. The van der Waals surface area contributed by atoms with E-state index in [0.29, 0.717) is 41.4 Å². The van der Waals surface area contributed by atoms with Crippen LogP contribution in [0.15, 0.2) is 24.3 Å². The molecule has 2 amide bonds. The van der Waals surface area contributed by atoms with Crippen LogP contribution in [-0.2, 0) is 27.8 Å². The van der Waals surface area contributed by atoms with Gasteiger partial charge in [0, 0.05) is 30.3 Å². The summed E-state index contributed by atoms with van der Waals surface area (Å²) in [4.78, 5) is 32.6. The molecule has 1 atom stereocenters. The van der Waals surface area contributed by atoms with Crippen molar-refractivity contribution < 1.29 is 23.5 Å². The van der Waals surface area contributed by atoms with E-state index in [4.69, 9.17) is 9.47 Å². The molecule has 188 valence electrons. The summed E-state index contributed by atoms with van der Waals surface area (Å²) in [5.74, 6) is -0.296. The third kappa shape index (κ3) is 5.11. The number of anilines is 1. The zero-order chi connectivity index (χ0) is 25.5. The van der Waals surface area contributed by atoms with Crippen LogP contribution >= 0.6 is 0 Å². The number of amides is 2. The molecule has 1 aromatic carbocycles. The van der Waals surface area contributed by atoms with Gasteiger partial charge in [-0.05, 0) is 75.3 Å². The number of ether oxygens (including phenoxy) is 2. The lowest BCUT2D eigenvalue weighted by atomic mass is 9.86. The normalized spacial score (nSPS) is 18.5. The third-order valence-corrected chi connectivity index (χ3v) is 6.48. The minimum atomic E-state index is -0.968. The maximum absolute atomic E-state index is 15.0. The molecular weight excluding hydrogens is 449 g/mol. The molecule has 0 spiro atoms. The largest absolute Gasteiger partial charge is 0.478 e. The molecule has 0 saturated carbocycles. The number of rotatable bonds is 4. The van der Waals surface area contributed by atoms with Gasteiger partial charge in [-0.3, -0.25) is 9.69 Å². The predicted molar refractivity (Wildman–Crippen MR) is 131 cm³/mol. The Morgan fingerprint density at radius 1 is 1.23 bits per heavy atom. The topological polar surface area (TPSA) is 80.8 Å². The van der Waals surface area contributed by atoms with Crippen molar-refractivity contribution in [2.75, 3.05) is 18.5 Å². The van der Waals surface area contributed by atoms with E-state index in [1.54, 1.807) is 32.9 Å². The highest BCUT2D eigenvalue weighted by molar-refractivity contribution is 5.98. The molecule has 8 heteroatoms. The smallest absolute Gasteiger partial charge is 0.411 e. The van der Waals surface area contributed by atoms with E-state index < -0.39 is 23.6 Å². The lowest BCUT2D eigenvalue weighted by molar-refractivity contribution is -0.122. The first kappa shape index (κ1) is 24.9. The molecule has 7 nitrogen and oxygen atoms in total. The lowest BCUT2D eigenvalue weighted by Crippen LogP contribution is -2.47. The summed E-state index contributed by atoms with van der Waals surface area (Å²) in [6.45, 7) is 12.0. The van der Waals surface area contributed by atoms with E-state index in [1.165, 1.54) is 11.0 Å². The van der Waals surface area contributed by atoms with E-state index in [-0.39, 0.29) is 17.8 Å². The number of aromatic nitrogens is 1. The Bertz CT molecular complexity index is 1160. The van der Waals surface area contributed by atoms with E-state index >= 15 is 4.39 Å². The summed E-state index contributed by atoms with van der Waals surface area (Å²) in [5, 5.41) is 2.85. The molecule has 1 N–H and O–H groups in total. The predicted octanol–water partition coefficient (Wildman–Crippen LogP) is 5.32. The second-order valence-electron chi connectivity index (χ2n) is 10.8. The standard InChI is InChI=1S/C27H34FN3O4/c1-7-34-21-9-8-18-20(30-21)11-13-31(25(33)35-26(2,3)4)23(18)24(32)29-17-14-16-10-12-27(5,6)22(16)19(28)15-17/h8-9,14-15,23H,7,10-13H2,1-6H3,(H,29,32). The minimum absolute atomic E-state index is 0.234. The molecule has 0 bridgehead atoms. The number of pyridine rings is 1. The quantitative estimate of drug-likeness (QED) is 0.637. The van der Waals surface area contributed by atoms with Crippen LogP contribution in [0.4, 0.5) is 14.9 Å². The van der Waals surface area contributed by atoms with Gasteiger partial charge in [0.25, 0.3) is 5.91 Å². The first-order chi connectivity index (χ1) is 16.4. The lowest BCUT2D eigenvalue weighted by Gasteiger charge is -2.36. The van der Waals surface area contributed by atoms with Gasteiger partial charge in [-0.1, -0.05) is 13.8 Å². The maximum Gasteiger partial charge on any atom is 0.411 e. The number of nitrogens with zero attached hydrogens (tertiary/aromatic N) is 2. The molecule has 4 rings (SSSR count). The Morgan fingerprint density at radius 3 is 2.66 bits per heavy atom. The molecule has 0 fully saturated rings. The van der Waals surface area contributed by atoms with Crippen LogP contribution < -0.4 is 10.1 Å². The number of hydrogen-bond acceptors (Lipinski definition) is 5. The summed E-state index contributed by atoms with van der Waals surface area (Å²) < 4.78 is 26.1. The number of nitrogens with one attached hydrogen (secondary N) is 1. The monoisotopic (exact) mass is 483 g/mol. The van der Waals surface area contributed by atoms with Crippen LogP contribution in [-0.4, -0.2) is 40.6 Å². The van der Waals surface area contributed by atoms with Crippen molar-refractivity contribution >= 4 is 17.7 Å². The first-order valence-electron chi connectivity index (χ1n) is 12.2. The molecule has 0 radical (unpaired) electrons. The van der Waals surface area contributed by atoms with Crippen LogP contribution in [0.25, 0.3) is 0 Å². The summed E-state index contributed by atoms with van der Waals surface area (Å²) in [7, 11) is 0. The average Bonchev–Trinajstić information content (AvgIpc) is 3.06. The molecule has 2 aliphatic rings. The van der Waals surface area contributed by atoms with E-state index in [2.05, 4.69) is 10.3 Å². The second-order valence-corrected chi connectivity index (χ2v) is 10.8. The minimum Gasteiger partial charge on any atom is -0.478 e. The van der Waals surface area contributed by atoms with Crippen molar-refractivity contribution in [1.29, 1.82) is 0 Å². The van der Waals surface area contributed by atoms with Gasteiger partial charge in [0.05, 0.1) is 12.3 Å².